The van der Waals surface area contributed by atoms with E-state index in [4.69, 9.17) is 0 Å². The Morgan fingerprint density at radius 2 is 1.59 bits per heavy atom. The van der Waals surface area contributed by atoms with Crippen LogP contribution in [0.3, 0.4) is 0 Å². The first kappa shape index (κ1) is 24.3. The zero-order valence-corrected chi connectivity index (χ0v) is 19.7. The average molecular weight is 508 g/mol. The van der Waals surface area contributed by atoms with Gasteiger partial charge in [-0.05, 0) is 61.4 Å². The van der Waals surface area contributed by atoms with Gasteiger partial charge in [-0.15, -0.1) is 4.40 Å². The second-order valence-corrected chi connectivity index (χ2v) is 10.9. The summed E-state index contributed by atoms with van der Waals surface area (Å²) in [5.41, 5.74) is 0.388. The molecule has 2 fully saturated rings. The second-order valence-electron chi connectivity index (χ2n) is 8.17. The van der Waals surface area contributed by atoms with Gasteiger partial charge in [0.15, 0.2) is 5.17 Å². The van der Waals surface area contributed by atoms with Crippen molar-refractivity contribution in [1.82, 2.24) is 4.90 Å². The molecule has 4 rings (SSSR count). The number of carbonyl (C=O) groups is 2. The van der Waals surface area contributed by atoms with Gasteiger partial charge in [0, 0.05) is 18.2 Å². The van der Waals surface area contributed by atoms with E-state index in [0.717, 1.165) is 68.1 Å². The van der Waals surface area contributed by atoms with Gasteiger partial charge < -0.3 is 5.32 Å². The van der Waals surface area contributed by atoms with Crippen molar-refractivity contribution in [2.45, 2.75) is 54.7 Å². The number of thioether (sulfide) groups is 1. The van der Waals surface area contributed by atoms with E-state index >= 15 is 0 Å². The third kappa shape index (κ3) is 5.64. The molecule has 2 aromatic rings. The summed E-state index contributed by atoms with van der Waals surface area (Å²) in [6.07, 6.45) is 4.10. The lowest BCUT2D eigenvalue weighted by Gasteiger charge is -2.30. The number of nitrogens with zero attached hydrogens (tertiary/aromatic N) is 2. The Balaban J connectivity index is 1.57. The zero-order valence-electron chi connectivity index (χ0n) is 18.1. The highest BCUT2D eigenvalue weighted by Crippen LogP contribution is 2.36. The van der Waals surface area contributed by atoms with Gasteiger partial charge in [-0.3, -0.25) is 14.5 Å². The number of benzene rings is 2. The van der Waals surface area contributed by atoms with Crippen LogP contribution in [0, 0.1) is 11.6 Å². The molecular weight excluding hydrogens is 484 g/mol. The Labute approximate surface area is 200 Å². The molecule has 1 aliphatic carbocycles. The van der Waals surface area contributed by atoms with E-state index in [1.54, 1.807) is 0 Å². The Hall–Kier alpha value is -2.79. The normalized spacial score (nSPS) is 20.6. The minimum absolute atomic E-state index is 0.0285. The molecule has 0 spiro atoms. The number of hydrogen-bond acceptors (Lipinski definition) is 5. The van der Waals surface area contributed by atoms with Crippen molar-refractivity contribution in [2.75, 3.05) is 5.32 Å². The largest absolute Gasteiger partial charge is 0.326 e. The van der Waals surface area contributed by atoms with Crippen LogP contribution < -0.4 is 5.32 Å². The fraction of sp³-hybridized carbons (Fsp3) is 0.348. The molecule has 1 N–H and O–H groups in total. The number of nitrogens with one attached hydrogen (secondary N) is 1. The maximum Gasteiger partial charge on any atom is 0.284 e. The molecule has 34 heavy (non-hydrogen) atoms. The van der Waals surface area contributed by atoms with Crippen LogP contribution in [-0.2, 0) is 19.6 Å². The van der Waals surface area contributed by atoms with Crippen LogP contribution in [0.4, 0.5) is 14.5 Å². The van der Waals surface area contributed by atoms with Gasteiger partial charge in [0.2, 0.25) is 11.8 Å². The number of halogens is 2. The summed E-state index contributed by atoms with van der Waals surface area (Å²) >= 11 is 0.939. The monoisotopic (exact) mass is 507 g/mol. The maximum absolute atomic E-state index is 13.3. The summed E-state index contributed by atoms with van der Waals surface area (Å²) in [7, 11) is -4.19. The molecule has 1 aliphatic heterocycles. The minimum Gasteiger partial charge on any atom is -0.326 e. The molecule has 180 valence electrons. The van der Waals surface area contributed by atoms with Crippen molar-refractivity contribution >= 4 is 44.5 Å². The first-order valence-electron chi connectivity index (χ1n) is 10.9. The smallest absolute Gasteiger partial charge is 0.284 e. The van der Waals surface area contributed by atoms with Gasteiger partial charge in [0.1, 0.15) is 16.9 Å². The molecule has 1 saturated carbocycles. The molecule has 1 saturated heterocycles. The molecule has 0 radical (unpaired) electrons. The summed E-state index contributed by atoms with van der Waals surface area (Å²) in [5.74, 6) is -1.83. The summed E-state index contributed by atoms with van der Waals surface area (Å²) in [6.45, 7) is 0. The lowest BCUT2D eigenvalue weighted by Crippen LogP contribution is -2.42. The minimum atomic E-state index is -4.19. The lowest BCUT2D eigenvalue weighted by atomic mass is 9.94. The van der Waals surface area contributed by atoms with E-state index in [2.05, 4.69) is 9.71 Å². The number of sulfonamides is 1. The molecule has 7 nitrogen and oxygen atoms in total. The SMILES string of the molecule is O=C(CC1S/C(=N/S(=O)(=O)c2ccc(F)cc2)N(C2CCCCC2)C1=O)Nc1ccc(F)cc1. The highest BCUT2D eigenvalue weighted by molar-refractivity contribution is 8.16. The quantitative estimate of drug-likeness (QED) is 0.629. The number of hydrogen-bond donors (Lipinski definition) is 1. The van der Waals surface area contributed by atoms with E-state index < -0.39 is 32.8 Å². The highest BCUT2D eigenvalue weighted by Gasteiger charge is 2.43. The summed E-state index contributed by atoms with van der Waals surface area (Å²) < 4.78 is 56.0. The van der Waals surface area contributed by atoms with Crippen molar-refractivity contribution in [2.24, 2.45) is 4.40 Å². The van der Waals surface area contributed by atoms with Crippen molar-refractivity contribution < 1.29 is 26.8 Å². The van der Waals surface area contributed by atoms with E-state index in [0.29, 0.717) is 5.69 Å². The van der Waals surface area contributed by atoms with Crippen LogP contribution in [0.15, 0.2) is 57.8 Å². The number of rotatable bonds is 6. The van der Waals surface area contributed by atoms with Crippen molar-refractivity contribution in [1.29, 1.82) is 0 Å². The molecule has 1 heterocycles. The van der Waals surface area contributed by atoms with E-state index in [1.807, 2.05) is 0 Å². The number of anilines is 1. The standard InChI is InChI=1S/C23H23F2N3O4S2/c24-15-6-10-17(11-7-15)26-21(29)14-20-22(30)28(18-4-2-1-3-5-18)23(33-20)27-34(31,32)19-12-8-16(25)9-13-19/h6-13,18,20H,1-5,14H2,(H,26,29)/b27-23+. The fourth-order valence-corrected chi connectivity index (χ4v) is 6.43. The van der Waals surface area contributed by atoms with Gasteiger partial charge in [0.25, 0.3) is 10.0 Å². The number of amides is 2. The van der Waals surface area contributed by atoms with Crippen LogP contribution in [0.25, 0.3) is 0 Å². The predicted octanol–water partition coefficient (Wildman–Crippen LogP) is 4.32. The van der Waals surface area contributed by atoms with Crippen LogP contribution in [0.5, 0.6) is 0 Å². The van der Waals surface area contributed by atoms with Crippen molar-refractivity contribution in [3.05, 3.63) is 60.2 Å². The van der Waals surface area contributed by atoms with Crippen LogP contribution in [-0.4, -0.2) is 41.6 Å². The topological polar surface area (TPSA) is 95.9 Å². The Bertz CT molecular complexity index is 1200. The second kappa shape index (κ2) is 10.2. The van der Waals surface area contributed by atoms with Gasteiger partial charge in [-0.2, -0.15) is 8.42 Å². The van der Waals surface area contributed by atoms with Gasteiger partial charge in [0.05, 0.1) is 4.90 Å². The van der Waals surface area contributed by atoms with Gasteiger partial charge >= 0.3 is 0 Å². The zero-order chi connectivity index (χ0) is 24.3. The van der Waals surface area contributed by atoms with E-state index in [1.165, 1.54) is 29.2 Å². The summed E-state index contributed by atoms with van der Waals surface area (Å²) in [6, 6.07) is 9.34. The summed E-state index contributed by atoms with van der Waals surface area (Å²) in [4.78, 5) is 27.0. The summed E-state index contributed by atoms with van der Waals surface area (Å²) in [5, 5.41) is 1.81. The van der Waals surface area contributed by atoms with Gasteiger partial charge in [-0.1, -0.05) is 31.0 Å². The molecule has 0 aromatic heterocycles. The molecule has 1 atom stereocenters. The van der Waals surface area contributed by atoms with Crippen molar-refractivity contribution in [3.63, 3.8) is 0 Å². The maximum atomic E-state index is 13.3. The van der Waals surface area contributed by atoms with E-state index in [9.17, 15) is 26.8 Å². The first-order valence-corrected chi connectivity index (χ1v) is 13.2. The van der Waals surface area contributed by atoms with Crippen molar-refractivity contribution in [3.8, 4) is 0 Å². The molecule has 1 unspecified atom stereocenters. The Morgan fingerprint density at radius 3 is 2.21 bits per heavy atom. The highest BCUT2D eigenvalue weighted by atomic mass is 32.2. The third-order valence-electron chi connectivity index (χ3n) is 5.72. The molecule has 2 aliphatic rings. The molecule has 11 heteroatoms. The Morgan fingerprint density at radius 1 is 1.00 bits per heavy atom. The molecule has 0 bridgehead atoms. The predicted molar refractivity (Wildman–Crippen MR) is 126 cm³/mol. The Kier molecular flexibility index (Phi) is 7.32. The van der Waals surface area contributed by atoms with Crippen LogP contribution in [0.1, 0.15) is 38.5 Å². The van der Waals surface area contributed by atoms with E-state index in [-0.39, 0.29) is 28.4 Å². The fourth-order valence-electron chi connectivity index (χ4n) is 4.03. The average Bonchev–Trinajstić information content (AvgIpc) is 3.10. The van der Waals surface area contributed by atoms with Crippen LogP contribution in [0.2, 0.25) is 0 Å². The van der Waals surface area contributed by atoms with Crippen LogP contribution >= 0.6 is 11.8 Å². The number of carbonyl (C=O) groups excluding carboxylic acids is 2. The lowest BCUT2D eigenvalue weighted by molar-refractivity contribution is -0.130. The number of amidine groups is 1. The molecular formula is C23H23F2N3O4S2. The molecule has 2 amide bonds. The molecule has 2 aromatic carbocycles. The third-order valence-corrected chi connectivity index (χ3v) is 8.26. The first-order chi connectivity index (χ1) is 16.2. The van der Waals surface area contributed by atoms with Gasteiger partial charge in [-0.25, -0.2) is 8.78 Å².